The minimum Gasteiger partial charge on any atom is -0.469 e. The van der Waals surface area contributed by atoms with Gasteiger partial charge in [-0.1, -0.05) is 6.92 Å². The Hall–Kier alpha value is -1.33. The molecule has 0 rings (SSSR count). The van der Waals surface area contributed by atoms with Gasteiger partial charge in [0.2, 0.25) is 5.91 Å². The van der Waals surface area contributed by atoms with E-state index >= 15 is 0 Å². The van der Waals surface area contributed by atoms with E-state index in [-0.39, 0.29) is 5.91 Å². The van der Waals surface area contributed by atoms with Crippen LogP contribution in [0.2, 0.25) is 0 Å². The minimum atomic E-state index is -0.443. The van der Waals surface area contributed by atoms with Crippen molar-refractivity contribution in [3.05, 3.63) is 23.2 Å². The number of nitrogens with one attached hydrogen (secondary N) is 1. The molecule has 0 spiro atoms. The van der Waals surface area contributed by atoms with Gasteiger partial charge in [-0.2, -0.15) is 0 Å². The fraction of sp³-hybridized carbons (Fsp3) is 0.643. The zero-order valence-electron chi connectivity index (χ0n) is 12.7. The Bertz CT molecular complexity index is 339. The van der Waals surface area contributed by atoms with Crippen molar-refractivity contribution in [1.29, 1.82) is 0 Å². The topological polar surface area (TPSA) is 56.8 Å². The molecule has 5 nitrogen and oxygen atoms in total. The standard InChI is InChI=1S/C14H25NO4/c1-7-12(10(2)3)19-9-11(4)14(16)15-8-13(17-5)18-6/h9,13H,7-8H2,1-6H3,(H,15,16)/b11-9+. The molecule has 0 bridgehead atoms. The average molecular weight is 271 g/mol. The number of carbonyl (C=O) groups is 1. The van der Waals surface area contributed by atoms with E-state index < -0.39 is 6.29 Å². The second kappa shape index (κ2) is 9.58. The summed E-state index contributed by atoms with van der Waals surface area (Å²) in [6.45, 7) is 7.95. The van der Waals surface area contributed by atoms with Crippen molar-refractivity contribution in [1.82, 2.24) is 5.32 Å². The van der Waals surface area contributed by atoms with Gasteiger partial charge >= 0.3 is 0 Å². The predicted molar refractivity (Wildman–Crippen MR) is 74.3 cm³/mol. The molecule has 0 aromatic carbocycles. The summed E-state index contributed by atoms with van der Waals surface area (Å²) in [6, 6.07) is 0. The van der Waals surface area contributed by atoms with Crippen LogP contribution < -0.4 is 5.32 Å². The van der Waals surface area contributed by atoms with Gasteiger partial charge in [-0.3, -0.25) is 4.79 Å². The number of hydrogen-bond acceptors (Lipinski definition) is 4. The first-order valence-corrected chi connectivity index (χ1v) is 6.29. The lowest BCUT2D eigenvalue weighted by Crippen LogP contribution is -2.34. The third-order valence-corrected chi connectivity index (χ3v) is 2.57. The SMILES string of the molecule is CCC(O/C=C(\C)C(=O)NCC(OC)OC)=C(C)C. The molecule has 0 saturated heterocycles. The van der Waals surface area contributed by atoms with E-state index in [9.17, 15) is 4.79 Å². The van der Waals surface area contributed by atoms with E-state index in [1.54, 1.807) is 6.92 Å². The first kappa shape index (κ1) is 17.7. The first-order valence-electron chi connectivity index (χ1n) is 6.29. The Morgan fingerprint density at radius 1 is 1.21 bits per heavy atom. The van der Waals surface area contributed by atoms with Crippen LogP contribution in [0, 0.1) is 0 Å². The summed E-state index contributed by atoms with van der Waals surface area (Å²) < 4.78 is 15.5. The van der Waals surface area contributed by atoms with Crippen molar-refractivity contribution in [2.24, 2.45) is 0 Å². The van der Waals surface area contributed by atoms with Crippen molar-refractivity contribution in [3.63, 3.8) is 0 Å². The number of allylic oxidation sites excluding steroid dienone is 2. The fourth-order valence-corrected chi connectivity index (χ4v) is 1.35. The normalized spacial score (nSPS) is 11.4. The van der Waals surface area contributed by atoms with Crippen LogP contribution in [-0.2, 0) is 19.0 Å². The second-order valence-electron chi connectivity index (χ2n) is 4.31. The van der Waals surface area contributed by atoms with Gasteiger partial charge in [0.25, 0.3) is 0 Å². The van der Waals surface area contributed by atoms with E-state index in [4.69, 9.17) is 14.2 Å². The van der Waals surface area contributed by atoms with Crippen LogP contribution in [0.5, 0.6) is 0 Å². The lowest BCUT2D eigenvalue weighted by Gasteiger charge is -2.14. The first-order chi connectivity index (χ1) is 8.96. The fourth-order valence-electron chi connectivity index (χ4n) is 1.35. The maximum absolute atomic E-state index is 11.8. The monoisotopic (exact) mass is 271 g/mol. The van der Waals surface area contributed by atoms with Gasteiger partial charge in [-0.25, -0.2) is 0 Å². The lowest BCUT2D eigenvalue weighted by atomic mass is 10.2. The van der Waals surface area contributed by atoms with Crippen LogP contribution >= 0.6 is 0 Å². The highest BCUT2D eigenvalue weighted by atomic mass is 16.7. The van der Waals surface area contributed by atoms with Crippen molar-refractivity contribution in [2.45, 2.75) is 40.4 Å². The number of methoxy groups -OCH3 is 2. The van der Waals surface area contributed by atoms with E-state index in [1.807, 2.05) is 20.8 Å². The lowest BCUT2D eigenvalue weighted by molar-refractivity contribution is -0.124. The van der Waals surface area contributed by atoms with Gasteiger partial charge in [-0.05, 0) is 26.3 Å². The van der Waals surface area contributed by atoms with E-state index in [1.165, 1.54) is 20.5 Å². The smallest absolute Gasteiger partial charge is 0.250 e. The number of ether oxygens (including phenoxy) is 3. The van der Waals surface area contributed by atoms with E-state index in [2.05, 4.69) is 5.32 Å². The van der Waals surface area contributed by atoms with E-state index in [0.29, 0.717) is 12.1 Å². The third kappa shape index (κ3) is 6.98. The summed E-state index contributed by atoms with van der Waals surface area (Å²) in [6.07, 6.45) is 1.82. The van der Waals surface area contributed by atoms with Gasteiger partial charge in [0.15, 0.2) is 6.29 Å². The predicted octanol–water partition coefficient (Wildman–Crippen LogP) is 2.35. The number of rotatable bonds is 8. The summed E-state index contributed by atoms with van der Waals surface area (Å²) in [5.41, 5.74) is 1.60. The van der Waals surface area contributed by atoms with Crippen LogP contribution in [0.25, 0.3) is 0 Å². The molecule has 1 amide bonds. The molecule has 0 atom stereocenters. The highest BCUT2D eigenvalue weighted by molar-refractivity contribution is 5.92. The van der Waals surface area contributed by atoms with Gasteiger partial charge in [-0.15, -0.1) is 0 Å². The van der Waals surface area contributed by atoms with Crippen molar-refractivity contribution in [3.8, 4) is 0 Å². The molecule has 0 unspecified atom stereocenters. The van der Waals surface area contributed by atoms with Gasteiger partial charge in [0.1, 0.15) is 5.76 Å². The average Bonchev–Trinajstić information content (AvgIpc) is 2.39. The third-order valence-electron chi connectivity index (χ3n) is 2.57. The highest BCUT2D eigenvalue weighted by Gasteiger charge is 2.09. The number of carbonyl (C=O) groups excluding carboxylic acids is 1. The van der Waals surface area contributed by atoms with Crippen LogP contribution in [0.3, 0.4) is 0 Å². The molecule has 0 aliphatic carbocycles. The quantitative estimate of drug-likeness (QED) is 0.418. The van der Waals surface area contributed by atoms with Gasteiger partial charge in [0.05, 0.1) is 12.8 Å². The molecule has 0 aromatic rings. The Morgan fingerprint density at radius 3 is 2.21 bits per heavy atom. The maximum atomic E-state index is 11.8. The molecule has 0 aromatic heterocycles. The Morgan fingerprint density at radius 2 is 1.79 bits per heavy atom. The van der Waals surface area contributed by atoms with Crippen LogP contribution in [0.4, 0.5) is 0 Å². The number of hydrogen-bond donors (Lipinski definition) is 1. The van der Waals surface area contributed by atoms with Crippen LogP contribution in [0.1, 0.15) is 34.1 Å². The van der Waals surface area contributed by atoms with Crippen molar-refractivity contribution in [2.75, 3.05) is 20.8 Å². The Labute approximate surface area is 115 Å². The molecule has 0 saturated carbocycles. The molecule has 5 heteroatoms. The molecule has 0 aliphatic rings. The van der Waals surface area contributed by atoms with Gasteiger partial charge in [0, 0.05) is 26.2 Å². The Kier molecular flexibility index (Phi) is 8.91. The van der Waals surface area contributed by atoms with Gasteiger partial charge < -0.3 is 19.5 Å². The molecule has 19 heavy (non-hydrogen) atoms. The molecule has 0 fully saturated rings. The minimum absolute atomic E-state index is 0.205. The molecule has 0 radical (unpaired) electrons. The summed E-state index contributed by atoms with van der Waals surface area (Å²) in [5, 5.41) is 2.70. The molecule has 1 N–H and O–H groups in total. The number of amides is 1. The summed E-state index contributed by atoms with van der Waals surface area (Å²) in [4.78, 5) is 11.8. The zero-order chi connectivity index (χ0) is 14.8. The summed E-state index contributed by atoms with van der Waals surface area (Å²) in [5.74, 6) is 0.669. The molecular weight excluding hydrogens is 246 g/mol. The largest absolute Gasteiger partial charge is 0.469 e. The second-order valence-corrected chi connectivity index (χ2v) is 4.31. The maximum Gasteiger partial charge on any atom is 0.250 e. The molecule has 0 heterocycles. The Balaban J connectivity index is 4.37. The molecule has 110 valence electrons. The van der Waals surface area contributed by atoms with Crippen molar-refractivity contribution < 1.29 is 19.0 Å². The summed E-state index contributed by atoms with van der Waals surface area (Å²) in [7, 11) is 3.04. The molecular formula is C14H25NO4. The van der Waals surface area contributed by atoms with Crippen LogP contribution in [-0.4, -0.2) is 33.0 Å². The summed E-state index contributed by atoms with van der Waals surface area (Å²) >= 11 is 0. The van der Waals surface area contributed by atoms with E-state index in [0.717, 1.165) is 17.8 Å². The zero-order valence-corrected chi connectivity index (χ0v) is 12.7. The molecule has 0 aliphatic heterocycles. The van der Waals surface area contributed by atoms with Crippen molar-refractivity contribution >= 4 is 5.91 Å². The highest BCUT2D eigenvalue weighted by Crippen LogP contribution is 2.11. The van der Waals surface area contributed by atoms with Crippen LogP contribution in [0.15, 0.2) is 23.2 Å².